The van der Waals surface area contributed by atoms with Crippen LogP contribution in [0.3, 0.4) is 0 Å². The minimum atomic E-state index is 0.955. The molecule has 3 heteroatoms. The van der Waals surface area contributed by atoms with Crippen LogP contribution in [-0.2, 0) is 0 Å². The predicted octanol–water partition coefficient (Wildman–Crippen LogP) is 13.8. The molecule has 1 nitrogen and oxygen atoms in total. The maximum atomic E-state index is 6.93. The molecule has 0 radical (unpaired) electrons. The first-order valence-electron chi connectivity index (χ1n) is 15.5. The van der Waals surface area contributed by atoms with Gasteiger partial charge in [0.15, 0.2) is 0 Å². The molecule has 6 aromatic carbocycles. The molecule has 0 aliphatic heterocycles. The molecule has 9 rings (SSSR count). The van der Waals surface area contributed by atoms with E-state index in [0.717, 1.165) is 21.9 Å². The van der Waals surface area contributed by atoms with E-state index in [0.29, 0.717) is 0 Å². The van der Waals surface area contributed by atoms with Crippen LogP contribution in [0.25, 0.3) is 97.7 Å². The van der Waals surface area contributed by atoms with E-state index in [1.54, 1.807) is 11.3 Å². The molecule has 46 heavy (non-hydrogen) atoms. The summed E-state index contributed by atoms with van der Waals surface area (Å²) in [6, 6.07) is 44.1. The minimum Gasteiger partial charge on any atom is -0.455 e. The van der Waals surface area contributed by atoms with Crippen molar-refractivity contribution in [2.45, 2.75) is 6.92 Å². The summed E-state index contributed by atoms with van der Waals surface area (Å²) in [4.78, 5) is 1.17. The molecule has 0 saturated carbocycles. The van der Waals surface area contributed by atoms with Gasteiger partial charge < -0.3 is 4.42 Å². The van der Waals surface area contributed by atoms with Gasteiger partial charge in [-0.25, -0.2) is 0 Å². The molecule has 0 bridgehead atoms. The molecule has 3 aromatic heterocycles. The summed E-state index contributed by atoms with van der Waals surface area (Å²) >= 11 is 3.60. The predicted molar refractivity (Wildman–Crippen MR) is 203 cm³/mol. The Morgan fingerprint density at radius 3 is 1.70 bits per heavy atom. The Kier molecular flexibility index (Phi) is 6.31. The third-order valence-corrected chi connectivity index (χ3v) is 11.3. The number of hydrogen-bond acceptors (Lipinski definition) is 3. The first kappa shape index (κ1) is 27.1. The quantitative estimate of drug-likeness (QED) is 0.186. The summed E-state index contributed by atoms with van der Waals surface area (Å²) in [6.45, 7) is 6.15. The topological polar surface area (TPSA) is 13.1 Å². The van der Waals surface area contributed by atoms with E-state index in [-0.39, 0.29) is 0 Å². The van der Waals surface area contributed by atoms with Crippen molar-refractivity contribution in [3.8, 4) is 33.4 Å². The average molecular weight is 625 g/mol. The number of thiophene rings is 2. The number of allylic oxidation sites excluding steroid dienone is 1. The Balaban J connectivity index is 1.30. The van der Waals surface area contributed by atoms with Crippen molar-refractivity contribution in [3.05, 3.63) is 144 Å². The van der Waals surface area contributed by atoms with Crippen LogP contribution in [-0.4, -0.2) is 0 Å². The molecule has 0 amide bonds. The summed E-state index contributed by atoms with van der Waals surface area (Å²) < 4.78 is 10.7. The zero-order valence-electron chi connectivity index (χ0n) is 25.2. The van der Waals surface area contributed by atoms with Gasteiger partial charge in [0.2, 0.25) is 0 Å². The fourth-order valence-corrected chi connectivity index (χ4v) is 8.96. The minimum absolute atomic E-state index is 0.955. The highest BCUT2D eigenvalue weighted by Gasteiger charge is 2.20. The van der Waals surface area contributed by atoms with Crippen molar-refractivity contribution in [1.29, 1.82) is 0 Å². The van der Waals surface area contributed by atoms with Gasteiger partial charge in [-0.3, -0.25) is 0 Å². The van der Waals surface area contributed by atoms with E-state index in [9.17, 15) is 0 Å². The number of hydrogen-bond donors (Lipinski definition) is 0. The van der Waals surface area contributed by atoms with E-state index < -0.39 is 0 Å². The summed E-state index contributed by atoms with van der Waals surface area (Å²) in [5.41, 5.74) is 10.3. The summed E-state index contributed by atoms with van der Waals surface area (Å²) in [5, 5.41) is 5.91. The highest BCUT2D eigenvalue weighted by molar-refractivity contribution is 7.26. The van der Waals surface area contributed by atoms with Gasteiger partial charge in [-0.1, -0.05) is 91.5 Å². The van der Waals surface area contributed by atoms with Crippen molar-refractivity contribution >= 4 is 87.0 Å². The van der Waals surface area contributed by atoms with Gasteiger partial charge in [0.1, 0.15) is 11.2 Å². The fraction of sp³-hybridized carbons (Fsp3) is 0.0233. The molecule has 0 saturated heterocycles. The molecule has 0 fully saturated rings. The van der Waals surface area contributed by atoms with E-state index in [2.05, 4.69) is 147 Å². The van der Waals surface area contributed by atoms with E-state index in [4.69, 9.17) is 4.42 Å². The summed E-state index contributed by atoms with van der Waals surface area (Å²) in [7, 11) is 0. The third kappa shape index (κ3) is 4.20. The van der Waals surface area contributed by atoms with Crippen LogP contribution in [0, 0.1) is 0 Å². The number of furan rings is 1. The normalized spacial score (nSPS) is 12.0. The van der Waals surface area contributed by atoms with Crippen LogP contribution in [0.15, 0.2) is 138 Å². The Morgan fingerprint density at radius 1 is 0.522 bits per heavy atom. The Labute approximate surface area is 275 Å². The third-order valence-electron chi connectivity index (χ3n) is 8.96. The smallest absolute Gasteiger partial charge is 0.144 e. The van der Waals surface area contributed by atoms with Crippen molar-refractivity contribution < 1.29 is 4.42 Å². The van der Waals surface area contributed by atoms with Crippen LogP contribution < -0.4 is 0 Å². The van der Waals surface area contributed by atoms with Crippen molar-refractivity contribution in [2.75, 3.05) is 0 Å². The molecular weight excluding hydrogens is 597 g/mol. The maximum Gasteiger partial charge on any atom is 0.144 e. The van der Waals surface area contributed by atoms with Crippen LogP contribution in [0.4, 0.5) is 0 Å². The van der Waals surface area contributed by atoms with Crippen LogP contribution >= 0.6 is 22.7 Å². The van der Waals surface area contributed by atoms with Crippen LogP contribution in [0.5, 0.6) is 0 Å². The average Bonchev–Trinajstić information content (AvgIpc) is 3.79. The molecule has 3 heterocycles. The van der Waals surface area contributed by atoms with Crippen molar-refractivity contribution in [1.82, 2.24) is 0 Å². The van der Waals surface area contributed by atoms with Gasteiger partial charge in [-0.2, -0.15) is 0 Å². The van der Waals surface area contributed by atoms with E-state index in [1.165, 1.54) is 74.1 Å². The molecule has 0 aliphatic rings. The second-order valence-electron chi connectivity index (χ2n) is 11.7. The lowest BCUT2D eigenvalue weighted by Gasteiger charge is -2.11. The van der Waals surface area contributed by atoms with Gasteiger partial charge in [0.25, 0.3) is 0 Å². The molecule has 0 atom stereocenters. The largest absolute Gasteiger partial charge is 0.455 e. The molecular formula is C43H28OS2. The number of benzene rings is 6. The molecule has 218 valence electrons. The second-order valence-corrected chi connectivity index (χ2v) is 13.8. The highest BCUT2D eigenvalue weighted by atomic mass is 32.1. The lowest BCUT2D eigenvalue weighted by molar-refractivity contribution is 0.677. The van der Waals surface area contributed by atoms with Gasteiger partial charge in [-0.15, -0.1) is 22.7 Å². The van der Waals surface area contributed by atoms with Gasteiger partial charge in [0, 0.05) is 51.5 Å². The monoisotopic (exact) mass is 624 g/mol. The second kappa shape index (κ2) is 10.7. The van der Waals surface area contributed by atoms with Crippen LogP contribution in [0.1, 0.15) is 17.4 Å². The Morgan fingerprint density at radius 2 is 1.09 bits per heavy atom. The SMILES string of the molecule is C=Cc1sc2ccc3c4ccc5sc6ccc(-c7cc(-c8ccccc8)cc(-c8ccccc8)c7)cc6c5c4oc3c2c1/C=C\C. The number of fused-ring (bicyclic) bond motifs is 9. The van der Waals surface area contributed by atoms with Gasteiger partial charge in [-0.05, 0) is 94.9 Å². The molecule has 0 spiro atoms. The maximum absolute atomic E-state index is 6.93. The molecule has 0 aliphatic carbocycles. The molecule has 0 unspecified atom stereocenters. The first-order chi connectivity index (χ1) is 22.7. The van der Waals surface area contributed by atoms with Crippen molar-refractivity contribution in [2.24, 2.45) is 0 Å². The fourth-order valence-electron chi connectivity index (χ4n) is 6.83. The Bertz CT molecular complexity index is 2590. The summed E-state index contributed by atoms with van der Waals surface area (Å²) in [5.74, 6) is 0. The molecule has 0 N–H and O–H groups in total. The zero-order chi connectivity index (χ0) is 30.8. The van der Waals surface area contributed by atoms with Gasteiger partial charge in [0.05, 0.1) is 0 Å². The lowest BCUT2D eigenvalue weighted by Crippen LogP contribution is -1.86. The summed E-state index contributed by atoms with van der Waals surface area (Å²) in [6.07, 6.45) is 6.23. The highest BCUT2D eigenvalue weighted by Crippen LogP contribution is 2.46. The van der Waals surface area contributed by atoms with Gasteiger partial charge >= 0.3 is 0 Å². The lowest BCUT2D eigenvalue weighted by atomic mass is 9.93. The first-order valence-corrected chi connectivity index (χ1v) is 17.1. The van der Waals surface area contributed by atoms with E-state index >= 15 is 0 Å². The number of rotatable bonds is 5. The van der Waals surface area contributed by atoms with Crippen LogP contribution in [0.2, 0.25) is 0 Å². The zero-order valence-corrected chi connectivity index (χ0v) is 26.8. The standard InChI is InChI=1S/C43H28OS2/c1-3-11-34-36(4-2)45-38-20-17-32-33-18-21-39-41(43(33)44-42(32)40(34)38)35-25-28(16-19-37(35)46-39)31-23-29(26-12-7-5-8-13-26)22-30(24-31)27-14-9-6-10-15-27/h3-25H,2H2,1H3/b11-3-. The van der Waals surface area contributed by atoms with Crippen molar-refractivity contribution in [3.63, 3.8) is 0 Å². The molecule has 9 aromatic rings. The Hall–Kier alpha value is -5.22. The van der Waals surface area contributed by atoms with E-state index in [1.807, 2.05) is 17.4 Å².